The predicted octanol–water partition coefficient (Wildman–Crippen LogP) is 4.00. The minimum Gasteiger partial charge on any atom is -0.324 e. The van der Waals surface area contributed by atoms with Crippen LogP contribution in [0.2, 0.25) is 0 Å². The van der Waals surface area contributed by atoms with Crippen LogP contribution in [0.3, 0.4) is 0 Å². The van der Waals surface area contributed by atoms with Gasteiger partial charge in [-0.15, -0.1) is 6.58 Å². The molecule has 90 valence electrons. The number of hydrogen-bond donors (Lipinski definition) is 0. The van der Waals surface area contributed by atoms with Gasteiger partial charge in [0.25, 0.3) is 0 Å². The topological polar surface area (TPSA) is 0 Å². The third kappa shape index (κ3) is 5.99. The van der Waals surface area contributed by atoms with Crippen LogP contribution >= 0.6 is 0 Å². The summed E-state index contributed by atoms with van der Waals surface area (Å²) in [7, 11) is 0. The van der Waals surface area contributed by atoms with Crippen LogP contribution in [0.5, 0.6) is 0 Å². The Hall–Kier alpha value is -0.300. The molecular weight excluding hydrogens is 182 g/mol. The van der Waals surface area contributed by atoms with Gasteiger partial charge in [0, 0.05) is 0 Å². The number of unbranched alkanes of at least 4 members (excludes halogenated alkanes) is 4. The molecule has 0 atom stereocenters. The van der Waals surface area contributed by atoms with Crippen molar-refractivity contribution in [2.75, 3.05) is 26.2 Å². The molecule has 0 N–H and O–H groups in total. The van der Waals surface area contributed by atoms with E-state index in [1.165, 1.54) is 62.8 Å². The first-order valence-corrected chi connectivity index (χ1v) is 6.70. The minimum atomic E-state index is 1.19. The van der Waals surface area contributed by atoms with Crippen molar-refractivity contribution in [3.63, 3.8) is 0 Å². The summed E-state index contributed by atoms with van der Waals surface area (Å²) in [5.41, 5.74) is 0. The zero-order valence-corrected chi connectivity index (χ0v) is 11.1. The molecule has 0 unspecified atom stereocenters. The lowest BCUT2D eigenvalue weighted by Gasteiger charge is -2.35. The van der Waals surface area contributed by atoms with Gasteiger partial charge in [-0.1, -0.05) is 12.5 Å². The SMILES string of the molecule is C=CCCCCCC[N+](CC)(CC)CC. The van der Waals surface area contributed by atoms with E-state index in [2.05, 4.69) is 27.4 Å². The number of rotatable bonds is 10. The van der Waals surface area contributed by atoms with Crippen molar-refractivity contribution in [1.82, 2.24) is 0 Å². The average Bonchev–Trinajstić information content (AvgIpc) is 2.29. The van der Waals surface area contributed by atoms with Crippen molar-refractivity contribution in [3.8, 4) is 0 Å². The standard InChI is InChI=1S/C14H30N/c1-5-9-10-11-12-13-14-15(6-2,7-3)8-4/h5H,1,6-14H2,2-4H3/q+1. The average molecular weight is 212 g/mol. The molecule has 0 saturated carbocycles. The zero-order valence-electron chi connectivity index (χ0n) is 11.1. The molecule has 0 bridgehead atoms. The summed E-state index contributed by atoms with van der Waals surface area (Å²) in [4.78, 5) is 0. The maximum Gasteiger partial charge on any atom is 0.0786 e. The molecule has 15 heavy (non-hydrogen) atoms. The molecule has 0 aromatic heterocycles. The third-order valence-corrected chi connectivity index (χ3v) is 3.80. The van der Waals surface area contributed by atoms with Crippen molar-refractivity contribution in [1.29, 1.82) is 0 Å². The Bertz CT molecular complexity index is 139. The maximum absolute atomic E-state index is 3.75. The molecule has 0 aliphatic rings. The van der Waals surface area contributed by atoms with Crippen LogP contribution in [-0.2, 0) is 0 Å². The van der Waals surface area contributed by atoms with Gasteiger partial charge in [-0.05, 0) is 46.5 Å². The molecule has 0 heterocycles. The first-order valence-electron chi connectivity index (χ1n) is 6.70. The Labute approximate surface area is 96.8 Å². The fourth-order valence-corrected chi connectivity index (χ4v) is 2.23. The lowest BCUT2D eigenvalue weighted by Crippen LogP contribution is -2.48. The molecule has 0 fully saturated rings. The molecule has 0 amide bonds. The molecular formula is C14H30N+. The zero-order chi connectivity index (χ0) is 11.6. The highest BCUT2D eigenvalue weighted by atomic mass is 15.3. The summed E-state index contributed by atoms with van der Waals surface area (Å²) in [6.45, 7) is 16.0. The van der Waals surface area contributed by atoms with E-state index >= 15 is 0 Å². The van der Waals surface area contributed by atoms with E-state index in [1.807, 2.05) is 6.08 Å². The van der Waals surface area contributed by atoms with Gasteiger partial charge < -0.3 is 4.48 Å². The van der Waals surface area contributed by atoms with Crippen molar-refractivity contribution in [2.24, 2.45) is 0 Å². The Morgan fingerprint density at radius 3 is 1.87 bits per heavy atom. The molecule has 0 aromatic carbocycles. The molecule has 0 radical (unpaired) electrons. The third-order valence-electron chi connectivity index (χ3n) is 3.80. The van der Waals surface area contributed by atoms with Crippen LogP contribution in [0.4, 0.5) is 0 Å². The normalized spacial score (nSPS) is 11.7. The van der Waals surface area contributed by atoms with Gasteiger partial charge in [0.05, 0.1) is 26.2 Å². The van der Waals surface area contributed by atoms with Crippen LogP contribution in [0.15, 0.2) is 12.7 Å². The van der Waals surface area contributed by atoms with Gasteiger partial charge in [0.2, 0.25) is 0 Å². The number of allylic oxidation sites excluding steroid dienone is 1. The molecule has 0 aliphatic carbocycles. The monoisotopic (exact) mass is 212 g/mol. The molecule has 1 heteroatoms. The molecule has 0 aliphatic heterocycles. The molecule has 0 aromatic rings. The van der Waals surface area contributed by atoms with Gasteiger partial charge in [-0.3, -0.25) is 0 Å². The number of hydrogen-bond acceptors (Lipinski definition) is 0. The van der Waals surface area contributed by atoms with Crippen molar-refractivity contribution >= 4 is 0 Å². The summed E-state index contributed by atoms with van der Waals surface area (Å²) in [6.07, 6.45) is 8.72. The molecule has 0 saturated heterocycles. The van der Waals surface area contributed by atoms with Crippen molar-refractivity contribution in [2.45, 2.75) is 52.9 Å². The lowest BCUT2D eigenvalue weighted by atomic mass is 10.1. The Balaban J connectivity index is 3.58. The van der Waals surface area contributed by atoms with Crippen LogP contribution in [0.1, 0.15) is 52.9 Å². The van der Waals surface area contributed by atoms with E-state index < -0.39 is 0 Å². The van der Waals surface area contributed by atoms with Crippen LogP contribution in [0.25, 0.3) is 0 Å². The fraction of sp³-hybridized carbons (Fsp3) is 0.857. The fourth-order valence-electron chi connectivity index (χ4n) is 2.23. The largest absolute Gasteiger partial charge is 0.324 e. The van der Waals surface area contributed by atoms with Crippen molar-refractivity contribution < 1.29 is 4.48 Å². The van der Waals surface area contributed by atoms with E-state index in [1.54, 1.807) is 0 Å². The summed E-state index contributed by atoms with van der Waals surface area (Å²) >= 11 is 0. The number of quaternary nitrogens is 1. The van der Waals surface area contributed by atoms with Crippen LogP contribution in [-0.4, -0.2) is 30.7 Å². The minimum absolute atomic E-state index is 1.19. The molecule has 0 rings (SSSR count). The second-order valence-electron chi connectivity index (χ2n) is 4.51. The Kier molecular flexibility index (Phi) is 8.79. The highest BCUT2D eigenvalue weighted by Crippen LogP contribution is 2.11. The highest BCUT2D eigenvalue weighted by Gasteiger charge is 2.19. The first-order chi connectivity index (χ1) is 7.24. The van der Waals surface area contributed by atoms with Crippen molar-refractivity contribution in [3.05, 3.63) is 12.7 Å². The lowest BCUT2D eigenvalue weighted by molar-refractivity contribution is -0.923. The van der Waals surface area contributed by atoms with E-state index in [0.29, 0.717) is 0 Å². The van der Waals surface area contributed by atoms with Crippen LogP contribution < -0.4 is 0 Å². The van der Waals surface area contributed by atoms with Gasteiger partial charge in [0.15, 0.2) is 0 Å². The smallest absolute Gasteiger partial charge is 0.0786 e. The molecule has 0 spiro atoms. The quantitative estimate of drug-likeness (QED) is 0.292. The summed E-state index contributed by atoms with van der Waals surface area (Å²) in [6, 6.07) is 0. The van der Waals surface area contributed by atoms with Crippen LogP contribution in [0, 0.1) is 0 Å². The van der Waals surface area contributed by atoms with Gasteiger partial charge >= 0.3 is 0 Å². The van der Waals surface area contributed by atoms with E-state index in [-0.39, 0.29) is 0 Å². The summed E-state index contributed by atoms with van der Waals surface area (Å²) in [5, 5.41) is 0. The summed E-state index contributed by atoms with van der Waals surface area (Å²) < 4.78 is 1.31. The van der Waals surface area contributed by atoms with Gasteiger partial charge in [-0.2, -0.15) is 0 Å². The predicted molar refractivity (Wildman–Crippen MR) is 70.0 cm³/mol. The Morgan fingerprint density at radius 1 is 0.867 bits per heavy atom. The van der Waals surface area contributed by atoms with Gasteiger partial charge in [-0.25, -0.2) is 0 Å². The second kappa shape index (κ2) is 8.96. The number of nitrogens with zero attached hydrogens (tertiary/aromatic N) is 1. The maximum atomic E-state index is 3.75. The molecule has 1 nitrogen and oxygen atoms in total. The summed E-state index contributed by atoms with van der Waals surface area (Å²) in [5.74, 6) is 0. The Morgan fingerprint density at radius 2 is 1.40 bits per heavy atom. The van der Waals surface area contributed by atoms with Gasteiger partial charge in [0.1, 0.15) is 0 Å². The first kappa shape index (κ1) is 14.7. The second-order valence-corrected chi connectivity index (χ2v) is 4.51. The van der Waals surface area contributed by atoms with E-state index in [4.69, 9.17) is 0 Å². The highest BCUT2D eigenvalue weighted by molar-refractivity contribution is 4.65. The van der Waals surface area contributed by atoms with E-state index in [9.17, 15) is 0 Å². The van der Waals surface area contributed by atoms with E-state index in [0.717, 1.165) is 0 Å².